The summed E-state index contributed by atoms with van der Waals surface area (Å²) >= 11 is 0. The van der Waals surface area contributed by atoms with E-state index in [1.807, 2.05) is 0 Å². The van der Waals surface area contributed by atoms with Crippen molar-refractivity contribution in [3.05, 3.63) is 18.0 Å². The summed E-state index contributed by atoms with van der Waals surface area (Å²) in [6.45, 7) is 2.96. The highest BCUT2D eigenvalue weighted by Gasteiger charge is 2.24. The van der Waals surface area contributed by atoms with Crippen molar-refractivity contribution >= 4 is 11.8 Å². The molecule has 0 unspecified atom stereocenters. The predicted octanol–water partition coefficient (Wildman–Crippen LogP) is 0.139. The number of hydrogen-bond donors (Lipinski definition) is 3. The third-order valence-corrected chi connectivity index (χ3v) is 2.83. The summed E-state index contributed by atoms with van der Waals surface area (Å²) in [7, 11) is 0. The number of aromatic hydroxyl groups is 1. The minimum atomic E-state index is -0.159. The normalized spacial score (nSPS) is 15.2. The fourth-order valence-corrected chi connectivity index (χ4v) is 1.96. The number of carbonyl (C=O) groups is 1. The van der Waals surface area contributed by atoms with E-state index in [-0.39, 0.29) is 11.9 Å². The molecule has 8 heteroatoms. The Balaban J connectivity index is 1.97. The zero-order chi connectivity index (χ0) is 12.7. The number of H-pyrrole nitrogens is 1. The SMILES string of the molecule is Cc1n[nH]c(O)c1-n1ccc(N2CCNC2=O)n1. The summed E-state index contributed by atoms with van der Waals surface area (Å²) in [5.74, 6) is 0.498. The van der Waals surface area contributed by atoms with Crippen LogP contribution in [0.4, 0.5) is 10.6 Å². The maximum atomic E-state index is 11.5. The molecule has 1 fully saturated rings. The Morgan fingerprint density at radius 1 is 1.50 bits per heavy atom. The number of aromatic nitrogens is 4. The van der Waals surface area contributed by atoms with Gasteiger partial charge in [-0.2, -0.15) is 5.10 Å². The quantitative estimate of drug-likeness (QED) is 0.703. The lowest BCUT2D eigenvalue weighted by Gasteiger charge is -2.09. The number of carbonyl (C=O) groups excluding carboxylic acids is 1. The van der Waals surface area contributed by atoms with Gasteiger partial charge in [-0.25, -0.2) is 14.6 Å². The van der Waals surface area contributed by atoms with Gasteiger partial charge in [0, 0.05) is 25.4 Å². The van der Waals surface area contributed by atoms with Crippen molar-refractivity contribution in [2.45, 2.75) is 6.92 Å². The third-order valence-electron chi connectivity index (χ3n) is 2.83. The first-order chi connectivity index (χ1) is 8.66. The summed E-state index contributed by atoms with van der Waals surface area (Å²) in [5, 5.41) is 23.0. The first-order valence-electron chi connectivity index (χ1n) is 5.52. The van der Waals surface area contributed by atoms with Crippen LogP contribution in [-0.2, 0) is 0 Å². The van der Waals surface area contributed by atoms with E-state index >= 15 is 0 Å². The van der Waals surface area contributed by atoms with Crippen LogP contribution in [0.3, 0.4) is 0 Å². The molecule has 8 nitrogen and oxygen atoms in total. The molecule has 3 rings (SSSR count). The molecular weight excluding hydrogens is 236 g/mol. The summed E-state index contributed by atoms with van der Waals surface area (Å²) in [6, 6.07) is 1.56. The molecule has 0 bridgehead atoms. The molecule has 2 aromatic rings. The maximum absolute atomic E-state index is 11.5. The van der Waals surface area contributed by atoms with Gasteiger partial charge in [0.25, 0.3) is 0 Å². The molecule has 0 aromatic carbocycles. The highest BCUT2D eigenvalue weighted by Crippen LogP contribution is 2.23. The highest BCUT2D eigenvalue weighted by molar-refractivity contribution is 5.92. The van der Waals surface area contributed by atoms with Gasteiger partial charge in [0.2, 0.25) is 5.88 Å². The van der Waals surface area contributed by atoms with E-state index in [1.165, 1.54) is 4.68 Å². The smallest absolute Gasteiger partial charge is 0.323 e. The van der Waals surface area contributed by atoms with E-state index < -0.39 is 0 Å². The second kappa shape index (κ2) is 3.76. The van der Waals surface area contributed by atoms with E-state index in [2.05, 4.69) is 20.6 Å². The molecule has 94 valence electrons. The zero-order valence-corrected chi connectivity index (χ0v) is 9.71. The van der Waals surface area contributed by atoms with Crippen molar-refractivity contribution < 1.29 is 9.90 Å². The van der Waals surface area contributed by atoms with Crippen LogP contribution in [0.2, 0.25) is 0 Å². The van der Waals surface area contributed by atoms with Crippen molar-refractivity contribution in [3.63, 3.8) is 0 Å². The van der Waals surface area contributed by atoms with Crippen molar-refractivity contribution in [2.75, 3.05) is 18.0 Å². The van der Waals surface area contributed by atoms with E-state index in [4.69, 9.17) is 0 Å². The van der Waals surface area contributed by atoms with Gasteiger partial charge in [-0.3, -0.25) is 4.90 Å². The molecule has 3 heterocycles. The summed E-state index contributed by atoms with van der Waals surface area (Å²) in [4.78, 5) is 13.0. The molecule has 0 spiro atoms. The summed E-state index contributed by atoms with van der Waals surface area (Å²) < 4.78 is 1.50. The average Bonchev–Trinajstić information content (AvgIpc) is 3.00. The van der Waals surface area contributed by atoms with Crippen LogP contribution in [0.5, 0.6) is 5.88 Å². The van der Waals surface area contributed by atoms with Crippen LogP contribution in [-0.4, -0.2) is 44.2 Å². The topological polar surface area (TPSA) is 99.1 Å². The van der Waals surface area contributed by atoms with E-state index in [0.717, 1.165) is 0 Å². The molecule has 1 aliphatic rings. The first-order valence-corrected chi connectivity index (χ1v) is 5.52. The number of hydrogen-bond acceptors (Lipinski definition) is 4. The molecule has 2 amide bonds. The Morgan fingerprint density at radius 2 is 2.33 bits per heavy atom. The largest absolute Gasteiger partial charge is 0.492 e. The van der Waals surface area contributed by atoms with Gasteiger partial charge >= 0.3 is 6.03 Å². The molecule has 2 aromatic heterocycles. The number of urea groups is 1. The number of nitrogens with zero attached hydrogens (tertiary/aromatic N) is 4. The summed E-state index contributed by atoms with van der Waals surface area (Å²) in [6.07, 6.45) is 1.68. The van der Waals surface area contributed by atoms with Crippen molar-refractivity contribution in [2.24, 2.45) is 0 Å². The second-order valence-electron chi connectivity index (χ2n) is 4.01. The van der Waals surface area contributed by atoms with Crippen LogP contribution in [0.1, 0.15) is 5.69 Å². The van der Waals surface area contributed by atoms with Gasteiger partial charge in [0.05, 0.1) is 5.69 Å². The number of nitrogens with one attached hydrogen (secondary N) is 2. The minimum absolute atomic E-state index is 0.0481. The van der Waals surface area contributed by atoms with Gasteiger partial charge in [-0.1, -0.05) is 0 Å². The minimum Gasteiger partial charge on any atom is -0.492 e. The number of anilines is 1. The Bertz CT molecular complexity index is 582. The molecule has 0 atom stereocenters. The number of aromatic amines is 1. The van der Waals surface area contributed by atoms with Crippen LogP contribution < -0.4 is 10.2 Å². The van der Waals surface area contributed by atoms with Crippen molar-refractivity contribution in [3.8, 4) is 11.6 Å². The molecular formula is C10H12N6O2. The Morgan fingerprint density at radius 3 is 2.94 bits per heavy atom. The average molecular weight is 248 g/mol. The summed E-state index contributed by atoms with van der Waals surface area (Å²) in [5.41, 5.74) is 1.12. The fourth-order valence-electron chi connectivity index (χ4n) is 1.96. The van der Waals surface area contributed by atoms with Crippen LogP contribution in [0, 0.1) is 6.92 Å². The standard InChI is InChI=1S/C10H12N6O2/c1-6-8(9(17)13-12-6)16-4-2-7(14-16)15-5-3-11-10(15)18/h2,4H,3,5H2,1H3,(H,11,18)(H2,12,13,17). The predicted molar refractivity (Wildman–Crippen MR) is 62.9 cm³/mol. The third kappa shape index (κ3) is 1.50. The number of rotatable bonds is 2. The lowest BCUT2D eigenvalue weighted by atomic mass is 10.4. The number of aryl methyl sites for hydroxylation is 1. The Labute approximate surface area is 102 Å². The Kier molecular flexibility index (Phi) is 2.22. The van der Waals surface area contributed by atoms with E-state index in [0.29, 0.717) is 30.3 Å². The Hall–Kier alpha value is -2.51. The molecule has 18 heavy (non-hydrogen) atoms. The van der Waals surface area contributed by atoms with Crippen LogP contribution in [0.15, 0.2) is 12.3 Å². The molecule has 0 aliphatic carbocycles. The second-order valence-corrected chi connectivity index (χ2v) is 4.01. The molecule has 3 N–H and O–H groups in total. The zero-order valence-electron chi connectivity index (χ0n) is 9.71. The van der Waals surface area contributed by atoms with Crippen LogP contribution in [0.25, 0.3) is 5.69 Å². The van der Waals surface area contributed by atoms with Gasteiger partial charge in [0.15, 0.2) is 5.82 Å². The van der Waals surface area contributed by atoms with Gasteiger partial charge in [0.1, 0.15) is 5.69 Å². The molecule has 0 radical (unpaired) electrons. The van der Waals surface area contributed by atoms with E-state index in [9.17, 15) is 9.90 Å². The van der Waals surface area contributed by atoms with Gasteiger partial charge in [-0.05, 0) is 6.92 Å². The van der Waals surface area contributed by atoms with Crippen molar-refractivity contribution in [1.29, 1.82) is 0 Å². The van der Waals surface area contributed by atoms with E-state index in [1.54, 1.807) is 24.1 Å². The maximum Gasteiger partial charge on any atom is 0.323 e. The monoisotopic (exact) mass is 248 g/mol. The van der Waals surface area contributed by atoms with Crippen molar-refractivity contribution in [1.82, 2.24) is 25.3 Å². The molecule has 0 saturated carbocycles. The van der Waals surface area contributed by atoms with Crippen LogP contribution >= 0.6 is 0 Å². The fraction of sp³-hybridized carbons (Fsp3) is 0.300. The number of amides is 2. The highest BCUT2D eigenvalue weighted by atomic mass is 16.3. The first kappa shape index (κ1) is 10.6. The lowest BCUT2D eigenvalue weighted by Crippen LogP contribution is -2.28. The van der Waals surface area contributed by atoms with Gasteiger partial charge in [-0.15, -0.1) is 5.10 Å². The molecule has 1 saturated heterocycles. The molecule has 1 aliphatic heterocycles. The lowest BCUT2D eigenvalue weighted by molar-refractivity contribution is 0.252. The van der Waals surface area contributed by atoms with Gasteiger partial charge < -0.3 is 10.4 Å².